The molecule has 94 valence electrons. The number of nitrogens with one attached hydrogen (secondary N) is 1. The summed E-state index contributed by atoms with van der Waals surface area (Å²) >= 11 is 0. The van der Waals surface area contributed by atoms with Crippen molar-refractivity contribution in [2.45, 2.75) is 6.42 Å². The average molecular weight is 249 g/mol. The number of halogens is 1. The van der Waals surface area contributed by atoms with Gasteiger partial charge in [0.15, 0.2) is 6.61 Å². The molecule has 4 nitrogen and oxygen atoms in total. The van der Waals surface area contributed by atoms with Crippen molar-refractivity contribution in [3.05, 3.63) is 35.6 Å². The molecule has 1 amide bonds. The summed E-state index contributed by atoms with van der Waals surface area (Å²) in [5, 5.41) is 2.36. The molecule has 0 unspecified atom stereocenters. The number of terminal acetylenes is 1. The van der Waals surface area contributed by atoms with Gasteiger partial charge in [-0.15, -0.1) is 6.42 Å². The molecule has 5 heteroatoms. The van der Waals surface area contributed by atoms with Gasteiger partial charge in [0.05, 0.1) is 13.0 Å². The second-order valence-electron chi connectivity index (χ2n) is 3.44. The van der Waals surface area contributed by atoms with Gasteiger partial charge in [0, 0.05) is 0 Å². The van der Waals surface area contributed by atoms with Crippen LogP contribution in [0.3, 0.4) is 0 Å². The molecular formula is C13H12FNO3. The maximum Gasteiger partial charge on any atom is 0.310 e. The molecule has 1 aromatic carbocycles. The molecule has 0 aromatic heterocycles. The largest absolute Gasteiger partial charge is 0.455 e. The Hall–Kier alpha value is -2.35. The Bertz CT molecular complexity index is 462. The van der Waals surface area contributed by atoms with Crippen LogP contribution in [-0.2, 0) is 20.7 Å². The van der Waals surface area contributed by atoms with Gasteiger partial charge in [0.1, 0.15) is 5.82 Å². The predicted molar refractivity (Wildman–Crippen MR) is 62.9 cm³/mol. The summed E-state index contributed by atoms with van der Waals surface area (Å²) < 4.78 is 17.3. The number of carbonyl (C=O) groups is 2. The minimum atomic E-state index is -0.558. The van der Waals surface area contributed by atoms with Crippen molar-refractivity contribution in [1.82, 2.24) is 5.32 Å². The molecule has 0 aliphatic heterocycles. The first kappa shape index (κ1) is 13.7. The van der Waals surface area contributed by atoms with Crippen molar-refractivity contribution in [2.24, 2.45) is 0 Å². The summed E-state index contributed by atoms with van der Waals surface area (Å²) in [6.07, 6.45) is 4.93. The maximum absolute atomic E-state index is 12.6. The number of esters is 1. The van der Waals surface area contributed by atoms with Crippen LogP contribution in [0.15, 0.2) is 24.3 Å². The van der Waals surface area contributed by atoms with Gasteiger partial charge >= 0.3 is 5.97 Å². The number of amides is 1. The van der Waals surface area contributed by atoms with Gasteiger partial charge in [0.25, 0.3) is 5.91 Å². The van der Waals surface area contributed by atoms with Crippen LogP contribution in [0, 0.1) is 18.2 Å². The predicted octanol–water partition coefficient (Wildman–Crippen LogP) is 0.661. The molecule has 1 N–H and O–H groups in total. The van der Waals surface area contributed by atoms with Crippen LogP contribution in [0.25, 0.3) is 0 Å². The highest BCUT2D eigenvalue weighted by atomic mass is 19.1. The lowest BCUT2D eigenvalue weighted by atomic mass is 10.1. The summed E-state index contributed by atoms with van der Waals surface area (Å²) in [5.41, 5.74) is 0.616. The lowest BCUT2D eigenvalue weighted by Crippen LogP contribution is -2.29. The zero-order valence-electron chi connectivity index (χ0n) is 9.61. The van der Waals surface area contributed by atoms with Crippen LogP contribution in [0.5, 0.6) is 0 Å². The molecule has 0 bridgehead atoms. The first-order chi connectivity index (χ1) is 8.61. The van der Waals surface area contributed by atoms with E-state index in [2.05, 4.69) is 11.2 Å². The van der Waals surface area contributed by atoms with Crippen molar-refractivity contribution >= 4 is 11.9 Å². The highest BCUT2D eigenvalue weighted by molar-refractivity contribution is 5.81. The van der Waals surface area contributed by atoms with Crippen LogP contribution in [0.1, 0.15) is 5.56 Å². The van der Waals surface area contributed by atoms with Crippen molar-refractivity contribution < 1.29 is 18.7 Å². The van der Waals surface area contributed by atoms with Crippen LogP contribution in [0.4, 0.5) is 4.39 Å². The molecule has 0 atom stereocenters. The molecule has 0 aliphatic carbocycles. The minimum Gasteiger partial charge on any atom is -0.455 e. The monoisotopic (exact) mass is 249 g/mol. The smallest absolute Gasteiger partial charge is 0.310 e. The third-order valence-electron chi connectivity index (χ3n) is 2.01. The average Bonchev–Trinajstić information content (AvgIpc) is 2.36. The van der Waals surface area contributed by atoms with Crippen LogP contribution in [0.2, 0.25) is 0 Å². The summed E-state index contributed by atoms with van der Waals surface area (Å²) in [5.74, 6) is 0.833. The van der Waals surface area contributed by atoms with E-state index in [1.807, 2.05) is 0 Å². The molecule has 0 radical (unpaired) electrons. The molecule has 0 aliphatic rings. The van der Waals surface area contributed by atoms with E-state index in [-0.39, 0.29) is 25.4 Å². The Morgan fingerprint density at radius 1 is 1.33 bits per heavy atom. The summed E-state index contributed by atoms with van der Waals surface area (Å²) in [6.45, 7) is -0.282. The molecule has 18 heavy (non-hydrogen) atoms. The highest BCUT2D eigenvalue weighted by Gasteiger charge is 2.07. The third kappa shape index (κ3) is 5.12. The van der Waals surface area contributed by atoms with Crippen molar-refractivity contribution in [2.75, 3.05) is 13.2 Å². The van der Waals surface area contributed by atoms with E-state index in [0.717, 1.165) is 0 Å². The number of benzene rings is 1. The van der Waals surface area contributed by atoms with Gasteiger partial charge in [-0.1, -0.05) is 18.1 Å². The Morgan fingerprint density at radius 3 is 2.61 bits per heavy atom. The van der Waals surface area contributed by atoms with Gasteiger partial charge in [0.2, 0.25) is 0 Å². The normalized spacial score (nSPS) is 9.33. The third-order valence-corrected chi connectivity index (χ3v) is 2.01. The van der Waals surface area contributed by atoms with Crippen molar-refractivity contribution in [3.63, 3.8) is 0 Å². The van der Waals surface area contributed by atoms with Crippen LogP contribution >= 0.6 is 0 Å². The quantitative estimate of drug-likeness (QED) is 0.616. The standard InChI is InChI=1S/C13H12FNO3/c1-2-7-15-12(16)9-18-13(17)8-10-3-5-11(14)6-4-10/h1,3-6H,7-9H2,(H,15,16). The van der Waals surface area contributed by atoms with Crippen molar-refractivity contribution in [1.29, 1.82) is 0 Å². The van der Waals surface area contributed by atoms with E-state index in [1.165, 1.54) is 24.3 Å². The number of ether oxygens (including phenoxy) is 1. The minimum absolute atomic E-state index is 0.0112. The van der Waals surface area contributed by atoms with Crippen molar-refractivity contribution in [3.8, 4) is 12.3 Å². The number of carbonyl (C=O) groups excluding carboxylic acids is 2. The van der Waals surface area contributed by atoms with Crippen LogP contribution in [-0.4, -0.2) is 25.0 Å². The Morgan fingerprint density at radius 2 is 2.00 bits per heavy atom. The Balaban J connectivity index is 2.32. The molecule has 1 aromatic rings. The fourth-order valence-electron chi connectivity index (χ4n) is 1.17. The molecule has 0 heterocycles. The topological polar surface area (TPSA) is 55.4 Å². The SMILES string of the molecule is C#CCNC(=O)COC(=O)Cc1ccc(F)cc1. The van der Waals surface area contributed by atoms with E-state index < -0.39 is 11.9 Å². The highest BCUT2D eigenvalue weighted by Crippen LogP contribution is 2.04. The fourth-order valence-corrected chi connectivity index (χ4v) is 1.17. The number of rotatable bonds is 5. The summed E-state index contributed by atoms with van der Waals surface area (Å²) in [7, 11) is 0. The van der Waals surface area contributed by atoms with Gasteiger partial charge in [-0.05, 0) is 17.7 Å². The van der Waals surface area contributed by atoms with E-state index >= 15 is 0 Å². The number of hydrogen-bond donors (Lipinski definition) is 1. The second kappa shape index (κ2) is 7.07. The zero-order chi connectivity index (χ0) is 13.4. The van der Waals surface area contributed by atoms with E-state index in [4.69, 9.17) is 11.2 Å². The molecule has 0 saturated heterocycles. The van der Waals surface area contributed by atoms with E-state index in [0.29, 0.717) is 5.56 Å². The van der Waals surface area contributed by atoms with E-state index in [9.17, 15) is 14.0 Å². The first-order valence-electron chi connectivity index (χ1n) is 5.22. The first-order valence-corrected chi connectivity index (χ1v) is 5.22. The number of hydrogen-bond acceptors (Lipinski definition) is 3. The maximum atomic E-state index is 12.6. The fraction of sp³-hybridized carbons (Fsp3) is 0.231. The second-order valence-corrected chi connectivity index (χ2v) is 3.44. The lowest BCUT2D eigenvalue weighted by Gasteiger charge is -2.04. The van der Waals surface area contributed by atoms with Crippen LogP contribution < -0.4 is 5.32 Å². The van der Waals surface area contributed by atoms with Gasteiger partial charge < -0.3 is 10.1 Å². The molecule has 0 fully saturated rings. The van der Waals surface area contributed by atoms with E-state index in [1.54, 1.807) is 0 Å². The Kier molecular flexibility index (Phi) is 5.39. The summed E-state index contributed by atoms with van der Waals surface area (Å²) in [6, 6.07) is 5.47. The van der Waals surface area contributed by atoms with Gasteiger partial charge in [-0.3, -0.25) is 9.59 Å². The Labute approximate surface area is 104 Å². The molecule has 0 saturated carbocycles. The lowest BCUT2D eigenvalue weighted by molar-refractivity contribution is -0.147. The zero-order valence-corrected chi connectivity index (χ0v) is 9.61. The molecular weight excluding hydrogens is 237 g/mol. The molecule has 0 spiro atoms. The van der Waals surface area contributed by atoms with Gasteiger partial charge in [-0.2, -0.15) is 0 Å². The van der Waals surface area contributed by atoms with Gasteiger partial charge in [-0.25, -0.2) is 4.39 Å². The summed E-state index contributed by atoms with van der Waals surface area (Å²) in [4.78, 5) is 22.4. The molecule has 1 rings (SSSR count).